The summed E-state index contributed by atoms with van der Waals surface area (Å²) in [5, 5.41) is 9.63. The number of thioether (sulfide) groups is 1. The fourth-order valence-electron chi connectivity index (χ4n) is 3.72. The van der Waals surface area contributed by atoms with Crippen LogP contribution in [0.3, 0.4) is 0 Å². The van der Waals surface area contributed by atoms with E-state index in [1.165, 1.54) is 16.2 Å². The predicted molar refractivity (Wildman–Crippen MR) is 124 cm³/mol. The van der Waals surface area contributed by atoms with Crippen molar-refractivity contribution in [2.24, 2.45) is 0 Å². The zero-order chi connectivity index (χ0) is 21.9. The monoisotopic (exact) mass is 427 g/mol. The van der Waals surface area contributed by atoms with Crippen LogP contribution in [0.4, 0.5) is 0 Å². The molecule has 0 saturated carbocycles. The number of unbranched alkanes of at least 4 members (excludes halogenated alkanes) is 6. The third kappa shape index (κ3) is 5.66. The Labute approximate surface area is 184 Å². The average molecular weight is 428 g/mol. The number of carbonyl (C=O) groups excluding carboxylic acids is 1. The second kappa shape index (κ2) is 12.4. The lowest BCUT2D eigenvalue weighted by atomic mass is 10.1. The molecule has 30 heavy (non-hydrogen) atoms. The summed E-state index contributed by atoms with van der Waals surface area (Å²) in [6.45, 7) is 5.77. The van der Waals surface area contributed by atoms with Crippen molar-refractivity contribution in [1.29, 1.82) is 5.26 Å². The first kappa shape index (κ1) is 24.0. The normalized spacial score (nSPS) is 10.9. The van der Waals surface area contributed by atoms with E-state index in [4.69, 9.17) is 0 Å². The number of carbonyl (C=O) groups is 1. The van der Waals surface area contributed by atoms with Gasteiger partial charge in [-0.25, -0.2) is 0 Å². The molecule has 1 amide bonds. The van der Waals surface area contributed by atoms with Crippen LogP contribution in [0.5, 0.6) is 0 Å². The third-order valence-corrected chi connectivity index (χ3v) is 6.20. The van der Waals surface area contributed by atoms with E-state index in [2.05, 4.69) is 13.8 Å². The van der Waals surface area contributed by atoms with Crippen LogP contribution in [0.1, 0.15) is 81.1 Å². The maximum absolute atomic E-state index is 13.7. The first-order valence-electron chi connectivity index (χ1n) is 11.0. The highest BCUT2D eigenvalue weighted by molar-refractivity contribution is 7.98. The molecule has 0 bridgehead atoms. The molecule has 6 heteroatoms. The molecule has 5 nitrogen and oxygen atoms in total. The molecule has 0 radical (unpaired) electrons. The van der Waals surface area contributed by atoms with Crippen LogP contribution in [0.25, 0.3) is 5.52 Å². The van der Waals surface area contributed by atoms with Gasteiger partial charge < -0.3 is 4.90 Å². The summed E-state index contributed by atoms with van der Waals surface area (Å²) in [5.41, 5.74) is 0.728. The zero-order valence-electron chi connectivity index (χ0n) is 18.4. The van der Waals surface area contributed by atoms with Crippen molar-refractivity contribution in [3.05, 3.63) is 45.9 Å². The van der Waals surface area contributed by atoms with E-state index in [0.717, 1.165) is 51.4 Å². The molecule has 0 aliphatic rings. The Balaban J connectivity index is 2.48. The van der Waals surface area contributed by atoms with Gasteiger partial charge in [-0.05, 0) is 31.2 Å². The first-order chi connectivity index (χ1) is 14.6. The summed E-state index contributed by atoms with van der Waals surface area (Å²) in [6, 6.07) is 7.40. The Morgan fingerprint density at radius 3 is 2.23 bits per heavy atom. The number of pyridine rings is 2. The van der Waals surface area contributed by atoms with Gasteiger partial charge in [0.05, 0.1) is 11.1 Å². The molecule has 2 heterocycles. The lowest BCUT2D eigenvalue weighted by molar-refractivity contribution is 0.0747. The Morgan fingerprint density at radius 1 is 1.07 bits per heavy atom. The van der Waals surface area contributed by atoms with E-state index >= 15 is 0 Å². The van der Waals surface area contributed by atoms with Gasteiger partial charge in [0.25, 0.3) is 11.5 Å². The van der Waals surface area contributed by atoms with E-state index in [9.17, 15) is 14.9 Å². The summed E-state index contributed by atoms with van der Waals surface area (Å²) in [6.07, 6.45) is 12.2. The fourth-order valence-corrected chi connectivity index (χ4v) is 4.46. The minimum Gasteiger partial charge on any atom is -0.339 e. The van der Waals surface area contributed by atoms with Gasteiger partial charge in [-0.3, -0.25) is 14.0 Å². The second-order valence-electron chi connectivity index (χ2n) is 7.57. The Kier molecular flexibility index (Phi) is 9.96. The molecule has 0 aliphatic carbocycles. The van der Waals surface area contributed by atoms with E-state index in [-0.39, 0.29) is 17.0 Å². The highest BCUT2D eigenvalue weighted by Crippen LogP contribution is 2.28. The first-order valence-corrected chi connectivity index (χ1v) is 12.2. The predicted octanol–water partition coefficient (Wildman–Crippen LogP) is 5.50. The molecule has 0 aromatic carbocycles. The summed E-state index contributed by atoms with van der Waals surface area (Å²) >= 11 is 1.30. The van der Waals surface area contributed by atoms with Gasteiger partial charge in [0.2, 0.25) is 0 Å². The Bertz CT molecular complexity index is 934. The molecule has 2 rings (SSSR count). The van der Waals surface area contributed by atoms with E-state index in [0.29, 0.717) is 29.1 Å². The van der Waals surface area contributed by atoms with Crippen LogP contribution in [0.15, 0.2) is 34.1 Å². The number of amides is 1. The summed E-state index contributed by atoms with van der Waals surface area (Å²) in [4.78, 5) is 28.9. The number of rotatable bonds is 12. The topological polar surface area (TPSA) is 65.6 Å². The molecule has 0 saturated heterocycles. The van der Waals surface area contributed by atoms with Crippen LogP contribution in [0.2, 0.25) is 0 Å². The molecule has 0 N–H and O–H groups in total. The van der Waals surface area contributed by atoms with Crippen molar-refractivity contribution in [2.75, 3.05) is 19.3 Å². The molecular weight excluding hydrogens is 394 g/mol. The van der Waals surface area contributed by atoms with Gasteiger partial charge in [-0.15, -0.1) is 11.8 Å². The molecule has 2 aromatic rings. The Hall–Kier alpha value is -2.26. The van der Waals surface area contributed by atoms with Crippen LogP contribution < -0.4 is 5.56 Å². The standard InChI is InChI=1S/C24H33N3O2S/c1-4-6-8-11-15-26(16-12-9-7-5-2)24(29)21-20-14-10-13-17-27(20)23(28)19(18-25)22(21)30-3/h10,13-14,17H,4-9,11-12,15-16H2,1-3H3. The van der Waals surface area contributed by atoms with Gasteiger partial charge in [0.1, 0.15) is 11.6 Å². The van der Waals surface area contributed by atoms with Gasteiger partial charge in [0, 0.05) is 24.2 Å². The van der Waals surface area contributed by atoms with Gasteiger partial charge in [-0.2, -0.15) is 5.26 Å². The van der Waals surface area contributed by atoms with Crippen LogP contribution in [-0.4, -0.2) is 34.6 Å². The van der Waals surface area contributed by atoms with Gasteiger partial charge in [-0.1, -0.05) is 58.4 Å². The van der Waals surface area contributed by atoms with Crippen LogP contribution in [0, 0.1) is 11.3 Å². The lowest BCUT2D eigenvalue weighted by Gasteiger charge is -2.25. The number of nitriles is 1. The highest BCUT2D eigenvalue weighted by Gasteiger charge is 2.25. The Morgan fingerprint density at radius 2 is 1.70 bits per heavy atom. The number of fused-ring (bicyclic) bond motifs is 1. The molecule has 162 valence electrons. The minimum atomic E-state index is -0.369. The van der Waals surface area contributed by atoms with Crippen LogP contribution >= 0.6 is 11.8 Å². The third-order valence-electron chi connectivity index (χ3n) is 5.38. The van der Waals surface area contributed by atoms with E-state index < -0.39 is 0 Å². The zero-order valence-corrected chi connectivity index (χ0v) is 19.3. The summed E-state index contributed by atoms with van der Waals surface area (Å²) < 4.78 is 1.43. The summed E-state index contributed by atoms with van der Waals surface area (Å²) in [7, 11) is 0. The fraction of sp³-hybridized carbons (Fsp3) is 0.542. The number of aromatic nitrogens is 1. The van der Waals surface area contributed by atoms with E-state index in [1.54, 1.807) is 18.3 Å². The number of hydrogen-bond donors (Lipinski definition) is 0. The van der Waals surface area contributed by atoms with Gasteiger partial charge >= 0.3 is 0 Å². The minimum absolute atomic E-state index is 0.0477. The second-order valence-corrected chi connectivity index (χ2v) is 8.39. The molecule has 0 spiro atoms. The lowest BCUT2D eigenvalue weighted by Crippen LogP contribution is -2.35. The van der Waals surface area contributed by atoms with Crippen molar-refractivity contribution < 1.29 is 4.79 Å². The van der Waals surface area contributed by atoms with Crippen molar-refractivity contribution in [1.82, 2.24) is 9.30 Å². The molecule has 2 aromatic heterocycles. The van der Waals surface area contributed by atoms with Crippen molar-refractivity contribution >= 4 is 23.2 Å². The SMILES string of the molecule is CCCCCCN(CCCCCC)C(=O)c1c(SC)c(C#N)c(=O)n2ccccc12. The van der Waals surface area contributed by atoms with Crippen LogP contribution in [-0.2, 0) is 0 Å². The smallest absolute Gasteiger partial charge is 0.274 e. The quantitative estimate of drug-likeness (QED) is 0.331. The van der Waals surface area contributed by atoms with Crippen molar-refractivity contribution in [3.63, 3.8) is 0 Å². The van der Waals surface area contributed by atoms with Crippen molar-refractivity contribution in [3.8, 4) is 6.07 Å². The molecule has 0 aliphatic heterocycles. The molecule has 0 atom stereocenters. The van der Waals surface area contributed by atoms with E-state index in [1.807, 2.05) is 23.3 Å². The average Bonchev–Trinajstić information content (AvgIpc) is 2.77. The number of hydrogen-bond acceptors (Lipinski definition) is 4. The maximum Gasteiger partial charge on any atom is 0.274 e. The largest absolute Gasteiger partial charge is 0.339 e. The molecule has 0 fully saturated rings. The highest BCUT2D eigenvalue weighted by atomic mass is 32.2. The van der Waals surface area contributed by atoms with Gasteiger partial charge in [0.15, 0.2) is 0 Å². The maximum atomic E-state index is 13.7. The molecule has 0 unspecified atom stereocenters. The van der Waals surface area contributed by atoms with Crippen molar-refractivity contribution in [2.45, 2.75) is 70.1 Å². The molecular formula is C24H33N3O2S. The number of nitrogens with zero attached hydrogens (tertiary/aromatic N) is 3. The summed E-state index contributed by atoms with van der Waals surface area (Å²) in [5.74, 6) is -0.0763.